The van der Waals surface area contributed by atoms with Crippen molar-refractivity contribution in [3.05, 3.63) is 35.9 Å². The SMILES string of the molecule is O=C([C@@H]1CCCN1)N1CCOC(c2ccccc2)C1. The predicted molar refractivity (Wildman–Crippen MR) is 72.7 cm³/mol. The van der Waals surface area contributed by atoms with Gasteiger partial charge in [0, 0.05) is 6.54 Å². The van der Waals surface area contributed by atoms with Crippen LogP contribution in [0.25, 0.3) is 0 Å². The van der Waals surface area contributed by atoms with E-state index in [0.717, 1.165) is 24.9 Å². The third kappa shape index (κ3) is 2.80. The van der Waals surface area contributed by atoms with E-state index in [0.29, 0.717) is 19.7 Å². The van der Waals surface area contributed by atoms with E-state index in [9.17, 15) is 4.79 Å². The van der Waals surface area contributed by atoms with Crippen LogP contribution in [0.3, 0.4) is 0 Å². The fourth-order valence-corrected chi connectivity index (χ4v) is 2.83. The Kier molecular flexibility index (Phi) is 3.80. The molecule has 1 amide bonds. The molecule has 2 aliphatic heterocycles. The standard InChI is InChI=1S/C15H20N2O2/c18-15(13-7-4-8-16-13)17-9-10-19-14(11-17)12-5-2-1-3-6-12/h1-3,5-6,13-14,16H,4,7-11H2/t13-,14?/m0/s1. The van der Waals surface area contributed by atoms with Gasteiger partial charge in [-0.1, -0.05) is 30.3 Å². The average Bonchev–Trinajstić information content (AvgIpc) is 3.02. The Morgan fingerprint density at radius 2 is 2.16 bits per heavy atom. The second-order valence-corrected chi connectivity index (χ2v) is 5.20. The Morgan fingerprint density at radius 1 is 1.32 bits per heavy atom. The van der Waals surface area contributed by atoms with E-state index in [2.05, 4.69) is 17.4 Å². The Labute approximate surface area is 113 Å². The molecule has 0 bridgehead atoms. The van der Waals surface area contributed by atoms with Gasteiger partial charge in [-0.05, 0) is 24.9 Å². The lowest BCUT2D eigenvalue weighted by Crippen LogP contribution is -2.49. The molecule has 4 nitrogen and oxygen atoms in total. The minimum absolute atomic E-state index is 0.0142. The molecule has 1 N–H and O–H groups in total. The summed E-state index contributed by atoms with van der Waals surface area (Å²) in [6, 6.07) is 10.2. The summed E-state index contributed by atoms with van der Waals surface area (Å²) in [6.07, 6.45) is 2.08. The van der Waals surface area contributed by atoms with Crippen LogP contribution < -0.4 is 5.32 Å². The quantitative estimate of drug-likeness (QED) is 0.872. The van der Waals surface area contributed by atoms with Crippen LogP contribution in [0.2, 0.25) is 0 Å². The lowest BCUT2D eigenvalue weighted by Gasteiger charge is -2.34. The first-order chi connectivity index (χ1) is 9.34. The molecule has 1 unspecified atom stereocenters. The lowest BCUT2D eigenvalue weighted by molar-refractivity contribution is -0.140. The largest absolute Gasteiger partial charge is 0.370 e. The number of carbonyl (C=O) groups is 1. The summed E-state index contributed by atoms with van der Waals surface area (Å²) in [5.41, 5.74) is 1.15. The number of amides is 1. The van der Waals surface area contributed by atoms with Crippen LogP contribution in [-0.2, 0) is 9.53 Å². The highest BCUT2D eigenvalue weighted by Crippen LogP contribution is 2.23. The molecule has 0 spiro atoms. The van der Waals surface area contributed by atoms with Crippen molar-refractivity contribution in [1.29, 1.82) is 0 Å². The van der Waals surface area contributed by atoms with Gasteiger partial charge in [0.25, 0.3) is 0 Å². The van der Waals surface area contributed by atoms with E-state index < -0.39 is 0 Å². The van der Waals surface area contributed by atoms with Gasteiger partial charge in [-0.25, -0.2) is 0 Å². The van der Waals surface area contributed by atoms with Crippen LogP contribution >= 0.6 is 0 Å². The fourth-order valence-electron chi connectivity index (χ4n) is 2.83. The maximum absolute atomic E-state index is 12.4. The molecule has 2 fully saturated rings. The van der Waals surface area contributed by atoms with Crippen LogP contribution in [0, 0.1) is 0 Å². The van der Waals surface area contributed by atoms with Gasteiger partial charge in [0.15, 0.2) is 0 Å². The molecule has 2 heterocycles. The van der Waals surface area contributed by atoms with Gasteiger partial charge in [0.2, 0.25) is 5.91 Å². The monoisotopic (exact) mass is 260 g/mol. The summed E-state index contributed by atoms with van der Waals surface area (Å²) in [6.45, 7) is 2.96. The summed E-state index contributed by atoms with van der Waals surface area (Å²) >= 11 is 0. The number of ether oxygens (including phenoxy) is 1. The van der Waals surface area contributed by atoms with Crippen LogP contribution in [0.15, 0.2) is 30.3 Å². The van der Waals surface area contributed by atoms with Crippen molar-refractivity contribution in [3.63, 3.8) is 0 Å². The van der Waals surface area contributed by atoms with Gasteiger partial charge in [-0.15, -0.1) is 0 Å². The average molecular weight is 260 g/mol. The second kappa shape index (κ2) is 5.72. The molecule has 102 valence electrons. The lowest BCUT2D eigenvalue weighted by atomic mass is 10.1. The van der Waals surface area contributed by atoms with Gasteiger partial charge in [0.05, 0.1) is 19.2 Å². The van der Waals surface area contributed by atoms with E-state index >= 15 is 0 Å². The molecule has 2 atom stereocenters. The number of carbonyl (C=O) groups excluding carboxylic acids is 1. The van der Waals surface area contributed by atoms with Crippen LogP contribution in [0.5, 0.6) is 0 Å². The molecule has 1 aromatic carbocycles. The summed E-state index contributed by atoms with van der Waals surface area (Å²) < 4.78 is 5.79. The van der Waals surface area contributed by atoms with Crippen LogP contribution in [0.1, 0.15) is 24.5 Å². The normalized spacial score (nSPS) is 27.5. The van der Waals surface area contributed by atoms with Crippen molar-refractivity contribution in [2.75, 3.05) is 26.2 Å². The molecule has 0 saturated carbocycles. The predicted octanol–water partition coefficient (Wildman–Crippen LogP) is 1.34. The maximum atomic E-state index is 12.4. The van der Waals surface area contributed by atoms with Gasteiger partial charge in [-0.2, -0.15) is 0 Å². The van der Waals surface area contributed by atoms with E-state index in [1.54, 1.807) is 0 Å². The summed E-state index contributed by atoms with van der Waals surface area (Å²) in [5.74, 6) is 0.238. The first-order valence-electron chi connectivity index (χ1n) is 7.03. The van der Waals surface area contributed by atoms with Crippen molar-refractivity contribution in [3.8, 4) is 0 Å². The molecule has 0 aliphatic carbocycles. The van der Waals surface area contributed by atoms with E-state index in [1.807, 2.05) is 23.1 Å². The van der Waals surface area contributed by atoms with Crippen molar-refractivity contribution in [1.82, 2.24) is 10.2 Å². The molecule has 0 radical (unpaired) electrons. The smallest absolute Gasteiger partial charge is 0.239 e. The number of hydrogen-bond acceptors (Lipinski definition) is 3. The Hall–Kier alpha value is -1.39. The van der Waals surface area contributed by atoms with Crippen molar-refractivity contribution >= 4 is 5.91 Å². The number of hydrogen-bond donors (Lipinski definition) is 1. The third-order valence-corrected chi connectivity index (χ3v) is 3.91. The molecular weight excluding hydrogens is 240 g/mol. The maximum Gasteiger partial charge on any atom is 0.239 e. The highest BCUT2D eigenvalue weighted by Gasteiger charge is 2.31. The first kappa shape index (κ1) is 12.6. The molecule has 2 aliphatic rings. The Bertz CT molecular complexity index is 429. The summed E-state index contributed by atoms with van der Waals surface area (Å²) in [4.78, 5) is 14.3. The molecular formula is C15H20N2O2. The molecule has 2 saturated heterocycles. The van der Waals surface area contributed by atoms with Gasteiger partial charge < -0.3 is 15.0 Å². The molecule has 19 heavy (non-hydrogen) atoms. The highest BCUT2D eigenvalue weighted by molar-refractivity contribution is 5.82. The summed E-state index contributed by atoms with van der Waals surface area (Å²) in [5, 5.41) is 3.28. The van der Waals surface area contributed by atoms with Crippen molar-refractivity contribution < 1.29 is 9.53 Å². The Morgan fingerprint density at radius 3 is 2.89 bits per heavy atom. The van der Waals surface area contributed by atoms with Crippen molar-refractivity contribution in [2.24, 2.45) is 0 Å². The van der Waals surface area contributed by atoms with E-state index in [4.69, 9.17) is 4.74 Å². The zero-order valence-electron chi connectivity index (χ0n) is 11.0. The number of nitrogens with zero attached hydrogens (tertiary/aromatic N) is 1. The number of morpholine rings is 1. The second-order valence-electron chi connectivity index (χ2n) is 5.20. The van der Waals surface area contributed by atoms with Gasteiger partial charge >= 0.3 is 0 Å². The Balaban J connectivity index is 1.66. The minimum Gasteiger partial charge on any atom is -0.370 e. The molecule has 4 heteroatoms. The number of benzene rings is 1. The highest BCUT2D eigenvalue weighted by atomic mass is 16.5. The van der Waals surface area contributed by atoms with E-state index in [-0.39, 0.29) is 18.1 Å². The zero-order valence-corrected chi connectivity index (χ0v) is 11.0. The van der Waals surface area contributed by atoms with Crippen LogP contribution in [0.4, 0.5) is 0 Å². The number of rotatable bonds is 2. The third-order valence-electron chi connectivity index (χ3n) is 3.91. The first-order valence-corrected chi connectivity index (χ1v) is 7.03. The molecule has 3 rings (SSSR count). The summed E-state index contributed by atoms with van der Waals surface area (Å²) in [7, 11) is 0. The van der Waals surface area contributed by atoms with Gasteiger partial charge in [-0.3, -0.25) is 4.79 Å². The zero-order chi connectivity index (χ0) is 13.1. The molecule has 1 aromatic rings. The fraction of sp³-hybridized carbons (Fsp3) is 0.533. The molecule has 0 aromatic heterocycles. The topological polar surface area (TPSA) is 41.6 Å². The number of nitrogens with one attached hydrogen (secondary N) is 1. The minimum atomic E-state index is 0.0142. The van der Waals surface area contributed by atoms with E-state index in [1.165, 1.54) is 0 Å². The van der Waals surface area contributed by atoms with Gasteiger partial charge in [0.1, 0.15) is 6.10 Å². The van der Waals surface area contributed by atoms with Crippen molar-refractivity contribution in [2.45, 2.75) is 25.0 Å². The van der Waals surface area contributed by atoms with Crippen LogP contribution in [-0.4, -0.2) is 43.1 Å².